The van der Waals surface area contributed by atoms with Crippen molar-refractivity contribution in [2.45, 2.75) is 6.61 Å². The third-order valence-corrected chi connectivity index (χ3v) is 4.84. The molecule has 0 saturated heterocycles. The summed E-state index contributed by atoms with van der Waals surface area (Å²) in [5.41, 5.74) is 1.09. The lowest BCUT2D eigenvalue weighted by atomic mass is 10.1. The van der Waals surface area contributed by atoms with Gasteiger partial charge in [0, 0.05) is 33.7 Å². The number of benzene rings is 2. The molecule has 2 aromatic carbocycles. The molecule has 0 aliphatic carbocycles. The van der Waals surface area contributed by atoms with E-state index in [0.717, 1.165) is 23.8 Å². The molecule has 0 unspecified atom stereocenters. The molecule has 0 aliphatic heterocycles. The number of hydrogen-bond acceptors (Lipinski definition) is 6. The molecule has 3 aromatic rings. The van der Waals surface area contributed by atoms with Gasteiger partial charge in [-0.25, -0.2) is 4.98 Å². The van der Waals surface area contributed by atoms with Gasteiger partial charge >= 0.3 is 6.61 Å². The first kappa shape index (κ1) is 20.4. The molecule has 1 aromatic heterocycles. The molecule has 0 amide bonds. The second-order valence-electron chi connectivity index (χ2n) is 5.57. The van der Waals surface area contributed by atoms with Gasteiger partial charge in [-0.05, 0) is 24.3 Å². The van der Waals surface area contributed by atoms with Crippen molar-refractivity contribution in [1.29, 1.82) is 5.26 Å². The molecule has 29 heavy (non-hydrogen) atoms. The van der Waals surface area contributed by atoms with Crippen LogP contribution < -0.4 is 4.74 Å². The predicted molar refractivity (Wildman–Crippen MR) is 106 cm³/mol. The number of halogens is 3. The predicted octanol–water partition coefficient (Wildman–Crippen LogP) is 6.04. The van der Waals surface area contributed by atoms with Crippen LogP contribution in [0.5, 0.6) is 5.75 Å². The number of alkyl halides is 2. The van der Waals surface area contributed by atoms with Crippen molar-refractivity contribution in [3.8, 4) is 23.1 Å². The Labute approximate surface area is 172 Å². The molecule has 0 bridgehead atoms. The summed E-state index contributed by atoms with van der Waals surface area (Å²) in [6.45, 7) is -3.12. The summed E-state index contributed by atoms with van der Waals surface area (Å²) >= 11 is 7.04. The van der Waals surface area contributed by atoms with E-state index in [-0.39, 0.29) is 22.6 Å². The van der Waals surface area contributed by atoms with Gasteiger partial charge in [-0.15, -0.1) is 11.3 Å². The maximum absolute atomic E-state index is 12.7. The number of thiazole rings is 1. The van der Waals surface area contributed by atoms with E-state index in [9.17, 15) is 24.2 Å². The second kappa shape index (κ2) is 8.77. The van der Waals surface area contributed by atoms with Gasteiger partial charge in [0.1, 0.15) is 16.8 Å². The SMILES string of the molecule is N#C/C(=C\c1cc([N+](=O)[O-])ccc1OC(F)F)c1nc(-c2ccc(Cl)cc2)cs1. The fourth-order valence-electron chi connectivity index (χ4n) is 2.41. The molecule has 0 N–H and O–H groups in total. The van der Waals surface area contributed by atoms with Crippen molar-refractivity contribution in [2.24, 2.45) is 0 Å². The number of nitrogens with zero attached hydrogens (tertiary/aromatic N) is 3. The highest BCUT2D eigenvalue weighted by atomic mass is 35.5. The largest absolute Gasteiger partial charge is 0.434 e. The summed E-state index contributed by atoms with van der Waals surface area (Å²) in [5, 5.41) is 23.1. The minimum Gasteiger partial charge on any atom is -0.434 e. The van der Waals surface area contributed by atoms with Gasteiger partial charge in [-0.2, -0.15) is 14.0 Å². The molecule has 0 fully saturated rings. The number of rotatable bonds is 6. The van der Waals surface area contributed by atoms with Crippen LogP contribution >= 0.6 is 22.9 Å². The first-order chi connectivity index (χ1) is 13.9. The number of nitro groups is 1. The molecule has 6 nitrogen and oxygen atoms in total. The maximum Gasteiger partial charge on any atom is 0.387 e. The highest BCUT2D eigenvalue weighted by molar-refractivity contribution is 7.11. The van der Waals surface area contributed by atoms with E-state index in [1.54, 1.807) is 29.6 Å². The van der Waals surface area contributed by atoms with E-state index in [1.165, 1.54) is 17.4 Å². The second-order valence-corrected chi connectivity index (χ2v) is 6.87. The van der Waals surface area contributed by atoms with E-state index in [0.29, 0.717) is 15.7 Å². The maximum atomic E-state index is 12.7. The summed E-state index contributed by atoms with van der Waals surface area (Å²) in [5.74, 6) is -0.284. The third kappa shape index (κ3) is 4.93. The van der Waals surface area contributed by atoms with Gasteiger partial charge in [-0.3, -0.25) is 10.1 Å². The topological polar surface area (TPSA) is 89.0 Å². The lowest BCUT2D eigenvalue weighted by molar-refractivity contribution is -0.384. The first-order valence-corrected chi connectivity index (χ1v) is 9.20. The number of hydrogen-bond donors (Lipinski definition) is 0. The molecule has 0 aliphatic rings. The van der Waals surface area contributed by atoms with Gasteiger partial charge in [0.05, 0.1) is 16.2 Å². The number of nitriles is 1. The molecular formula is C19H10ClF2N3O3S. The standard InChI is InChI=1S/C19H10ClF2N3O3S/c20-14-3-1-11(2-4-14)16-10-29-18(24-16)13(9-23)7-12-8-15(25(26)27)5-6-17(12)28-19(21)22/h1-8,10,19H/b13-7+. The van der Waals surface area contributed by atoms with Gasteiger partial charge in [0.25, 0.3) is 5.69 Å². The summed E-state index contributed by atoms with van der Waals surface area (Å²) in [7, 11) is 0. The molecule has 0 saturated carbocycles. The molecule has 0 atom stereocenters. The van der Waals surface area contributed by atoms with E-state index < -0.39 is 11.5 Å². The third-order valence-electron chi connectivity index (χ3n) is 3.72. The zero-order valence-corrected chi connectivity index (χ0v) is 16.0. The average molecular weight is 434 g/mol. The number of ether oxygens (including phenoxy) is 1. The Morgan fingerprint density at radius 2 is 2.03 bits per heavy atom. The zero-order chi connectivity index (χ0) is 21.0. The number of nitro benzene ring substituents is 1. The van der Waals surface area contributed by atoms with Crippen LogP contribution in [0.4, 0.5) is 14.5 Å². The van der Waals surface area contributed by atoms with E-state index in [2.05, 4.69) is 9.72 Å². The smallest absolute Gasteiger partial charge is 0.387 e. The molecule has 1 heterocycles. The van der Waals surface area contributed by atoms with Gasteiger partial charge < -0.3 is 4.74 Å². The summed E-state index contributed by atoms with van der Waals surface area (Å²) < 4.78 is 29.7. The lowest BCUT2D eigenvalue weighted by Crippen LogP contribution is -2.03. The van der Waals surface area contributed by atoms with Crippen molar-refractivity contribution < 1.29 is 18.4 Å². The summed E-state index contributed by atoms with van der Waals surface area (Å²) in [6, 6.07) is 12.1. The van der Waals surface area contributed by atoms with E-state index in [1.807, 2.05) is 6.07 Å². The number of non-ortho nitro benzene ring substituents is 1. The minimum atomic E-state index is -3.12. The van der Waals surface area contributed by atoms with Crippen molar-refractivity contribution in [2.75, 3.05) is 0 Å². The fraction of sp³-hybridized carbons (Fsp3) is 0.0526. The quantitative estimate of drug-likeness (QED) is 0.268. The van der Waals surface area contributed by atoms with E-state index >= 15 is 0 Å². The molecule has 3 rings (SSSR count). The number of aromatic nitrogens is 1. The van der Waals surface area contributed by atoms with Crippen LogP contribution in [0.1, 0.15) is 10.6 Å². The summed E-state index contributed by atoms with van der Waals surface area (Å²) in [6.07, 6.45) is 1.23. The molecule has 146 valence electrons. The normalized spacial score (nSPS) is 11.3. The van der Waals surface area contributed by atoms with Crippen LogP contribution in [-0.4, -0.2) is 16.5 Å². The first-order valence-electron chi connectivity index (χ1n) is 7.94. The van der Waals surface area contributed by atoms with Gasteiger partial charge in [-0.1, -0.05) is 23.7 Å². The Balaban J connectivity index is 2.02. The fourth-order valence-corrected chi connectivity index (χ4v) is 3.33. The van der Waals surface area contributed by atoms with Crippen molar-refractivity contribution in [3.05, 3.63) is 73.6 Å². The van der Waals surface area contributed by atoms with Crippen LogP contribution in [0.25, 0.3) is 22.9 Å². The van der Waals surface area contributed by atoms with Crippen molar-refractivity contribution >= 4 is 40.3 Å². The highest BCUT2D eigenvalue weighted by Gasteiger charge is 2.16. The van der Waals surface area contributed by atoms with Crippen LogP contribution in [0, 0.1) is 21.4 Å². The molecular weight excluding hydrogens is 424 g/mol. The Kier molecular flexibility index (Phi) is 6.16. The summed E-state index contributed by atoms with van der Waals surface area (Å²) in [4.78, 5) is 14.7. The Bertz CT molecular complexity index is 1120. The average Bonchev–Trinajstić information content (AvgIpc) is 3.17. The minimum absolute atomic E-state index is 0.0284. The number of allylic oxidation sites excluding steroid dienone is 1. The van der Waals surface area contributed by atoms with E-state index in [4.69, 9.17) is 11.6 Å². The zero-order valence-electron chi connectivity index (χ0n) is 14.4. The monoisotopic (exact) mass is 433 g/mol. The Morgan fingerprint density at radius 3 is 2.66 bits per heavy atom. The van der Waals surface area contributed by atoms with Crippen LogP contribution in [0.2, 0.25) is 5.02 Å². The van der Waals surface area contributed by atoms with Gasteiger partial charge in [0.2, 0.25) is 0 Å². The molecule has 0 radical (unpaired) electrons. The van der Waals surface area contributed by atoms with Gasteiger partial charge in [0.15, 0.2) is 0 Å². The van der Waals surface area contributed by atoms with Crippen LogP contribution in [0.15, 0.2) is 47.8 Å². The molecule has 0 spiro atoms. The molecule has 10 heteroatoms. The van der Waals surface area contributed by atoms with Crippen LogP contribution in [0.3, 0.4) is 0 Å². The highest BCUT2D eigenvalue weighted by Crippen LogP contribution is 2.32. The van der Waals surface area contributed by atoms with Crippen molar-refractivity contribution in [1.82, 2.24) is 4.98 Å². The lowest BCUT2D eigenvalue weighted by Gasteiger charge is -2.08. The van der Waals surface area contributed by atoms with Crippen molar-refractivity contribution in [3.63, 3.8) is 0 Å². The Morgan fingerprint density at radius 1 is 1.31 bits per heavy atom. The van der Waals surface area contributed by atoms with Crippen LogP contribution in [-0.2, 0) is 0 Å². The Hall–Kier alpha value is -3.35.